The molecule has 8 heteroatoms. The molecule has 0 bridgehead atoms. The molecule has 0 spiro atoms. The molecular weight excluding hydrogens is 387 g/mol. The van der Waals surface area contributed by atoms with Crippen molar-refractivity contribution in [1.82, 2.24) is 20.6 Å². The van der Waals surface area contributed by atoms with Crippen LogP contribution < -0.4 is 5.43 Å². The summed E-state index contributed by atoms with van der Waals surface area (Å²) in [6, 6.07) is 17.6. The van der Waals surface area contributed by atoms with Crippen molar-refractivity contribution in [3.8, 4) is 11.3 Å². The second kappa shape index (κ2) is 7.06. The van der Waals surface area contributed by atoms with Crippen LogP contribution in [0.5, 0.6) is 0 Å². The fourth-order valence-corrected chi connectivity index (χ4v) is 3.41. The van der Waals surface area contributed by atoms with E-state index in [1.54, 1.807) is 18.2 Å². The molecule has 2 amide bonds. The van der Waals surface area contributed by atoms with E-state index in [-0.39, 0.29) is 11.6 Å². The third-order valence-corrected chi connectivity index (χ3v) is 5.03. The van der Waals surface area contributed by atoms with Gasteiger partial charge in [-0.2, -0.15) is 5.10 Å². The van der Waals surface area contributed by atoms with E-state index in [0.717, 1.165) is 11.1 Å². The van der Waals surface area contributed by atoms with Gasteiger partial charge in [-0.15, -0.1) is 11.6 Å². The molecule has 1 aliphatic heterocycles. The summed E-state index contributed by atoms with van der Waals surface area (Å²) in [6.07, 6.45) is 0. The number of halogens is 2. The van der Waals surface area contributed by atoms with Crippen molar-refractivity contribution in [3.05, 3.63) is 76.9 Å². The van der Waals surface area contributed by atoms with Crippen LogP contribution in [0.2, 0.25) is 5.02 Å². The average Bonchev–Trinajstić information content (AvgIpc) is 3.19. The molecule has 4 rings (SSSR count). The van der Waals surface area contributed by atoms with Gasteiger partial charge in [0.2, 0.25) is 0 Å². The average molecular weight is 401 g/mol. The van der Waals surface area contributed by atoms with E-state index in [9.17, 15) is 9.59 Å². The summed E-state index contributed by atoms with van der Waals surface area (Å²) >= 11 is 12.0. The molecular formula is C19H14Cl2N4O2. The minimum Gasteiger partial charge on any atom is -0.272 e. The number of aromatic nitrogens is 2. The van der Waals surface area contributed by atoms with Gasteiger partial charge in [0.15, 0.2) is 0 Å². The third-order valence-electron chi connectivity index (χ3n) is 4.35. The van der Waals surface area contributed by atoms with Crippen molar-refractivity contribution < 1.29 is 9.59 Å². The maximum atomic E-state index is 12.5. The van der Waals surface area contributed by atoms with E-state index < -0.39 is 17.3 Å². The van der Waals surface area contributed by atoms with Crippen molar-refractivity contribution in [2.24, 2.45) is 0 Å². The summed E-state index contributed by atoms with van der Waals surface area (Å²) in [7, 11) is 0. The van der Waals surface area contributed by atoms with Gasteiger partial charge in [0.1, 0.15) is 17.1 Å². The minimum absolute atomic E-state index is 0.234. The first-order valence-corrected chi connectivity index (χ1v) is 9.00. The predicted octanol–water partition coefficient (Wildman–Crippen LogP) is 3.57. The SMILES string of the molecule is O=C(NN1C(=O)[C@H](Cl)[C@H]1c1ccccc1)c1cc(-c2ccc(Cl)cc2)n[nH]1. The quantitative estimate of drug-likeness (QED) is 0.518. The van der Waals surface area contributed by atoms with E-state index >= 15 is 0 Å². The van der Waals surface area contributed by atoms with E-state index in [4.69, 9.17) is 23.2 Å². The number of hydrazine groups is 1. The Labute approximate surface area is 165 Å². The molecule has 1 fully saturated rings. The van der Waals surface area contributed by atoms with Crippen molar-refractivity contribution >= 4 is 35.0 Å². The van der Waals surface area contributed by atoms with Crippen LogP contribution in [0, 0.1) is 0 Å². The van der Waals surface area contributed by atoms with Crippen molar-refractivity contribution in [3.63, 3.8) is 0 Å². The highest BCUT2D eigenvalue weighted by Gasteiger charge is 2.48. The molecule has 0 saturated carbocycles. The van der Waals surface area contributed by atoms with Gasteiger partial charge in [-0.3, -0.25) is 20.1 Å². The van der Waals surface area contributed by atoms with Crippen molar-refractivity contribution in [2.75, 3.05) is 0 Å². The number of H-pyrrole nitrogens is 1. The first-order chi connectivity index (χ1) is 13.0. The van der Waals surface area contributed by atoms with Gasteiger partial charge in [0, 0.05) is 10.6 Å². The molecule has 2 heterocycles. The lowest BCUT2D eigenvalue weighted by Crippen LogP contribution is -2.63. The largest absolute Gasteiger partial charge is 0.287 e. The zero-order chi connectivity index (χ0) is 19.0. The lowest BCUT2D eigenvalue weighted by molar-refractivity contribution is -0.149. The number of carbonyl (C=O) groups excluding carboxylic acids is 2. The fraction of sp³-hybridized carbons (Fsp3) is 0.105. The Balaban J connectivity index is 1.50. The number of hydrogen-bond acceptors (Lipinski definition) is 3. The molecule has 136 valence electrons. The number of carbonyl (C=O) groups is 2. The van der Waals surface area contributed by atoms with E-state index in [2.05, 4.69) is 15.6 Å². The topological polar surface area (TPSA) is 78.1 Å². The maximum Gasteiger partial charge on any atom is 0.287 e. The molecule has 3 aromatic rings. The Morgan fingerprint density at radius 2 is 1.81 bits per heavy atom. The monoisotopic (exact) mass is 400 g/mol. The standard InChI is InChI=1S/C19H14Cl2N4O2/c20-13-8-6-11(7-9-13)14-10-15(23-22-14)18(26)24-25-17(16(21)19(25)27)12-4-2-1-3-5-12/h1-10,16-17H,(H,22,23)(H,24,26)/t16-,17-/m1/s1. The molecule has 1 saturated heterocycles. The van der Waals surface area contributed by atoms with Crippen LogP contribution in [-0.4, -0.2) is 32.4 Å². The highest BCUT2D eigenvalue weighted by Crippen LogP contribution is 2.37. The van der Waals surface area contributed by atoms with Gasteiger partial charge < -0.3 is 0 Å². The number of aromatic amines is 1. The molecule has 2 aromatic carbocycles. The van der Waals surface area contributed by atoms with Crippen molar-refractivity contribution in [1.29, 1.82) is 0 Å². The smallest absolute Gasteiger partial charge is 0.272 e. The summed E-state index contributed by atoms with van der Waals surface area (Å²) < 4.78 is 0. The normalized spacial score (nSPS) is 18.9. The van der Waals surface area contributed by atoms with Gasteiger partial charge >= 0.3 is 0 Å². The number of nitrogens with one attached hydrogen (secondary N) is 2. The van der Waals surface area contributed by atoms with Crippen LogP contribution in [0.1, 0.15) is 22.1 Å². The van der Waals surface area contributed by atoms with E-state index in [1.807, 2.05) is 42.5 Å². The Hall–Kier alpha value is -2.83. The summed E-state index contributed by atoms with van der Waals surface area (Å²) in [5, 5.41) is 7.98. The first-order valence-electron chi connectivity index (χ1n) is 8.19. The van der Waals surface area contributed by atoms with Gasteiger partial charge in [-0.25, -0.2) is 5.01 Å². The zero-order valence-electron chi connectivity index (χ0n) is 13.9. The molecule has 6 nitrogen and oxygen atoms in total. The maximum absolute atomic E-state index is 12.5. The van der Waals surface area contributed by atoms with Crippen LogP contribution in [-0.2, 0) is 4.79 Å². The van der Waals surface area contributed by atoms with Gasteiger partial charge in [0.05, 0.1) is 5.69 Å². The third kappa shape index (κ3) is 3.29. The number of benzene rings is 2. The highest BCUT2D eigenvalue weighted by molar-refractivity contribution is 6.33. The van der Waals surface area contributed by atoms with E-state index in [1.165, 1.54) is 5.01 Å². The van der Waals surface area contributed by atoms with Gasteiger partial charge in [0.25, 0.3) is 11.8 Å². The lowest BCUT2D eigenvalue weighted by atomic mass is 9.95. The Morgan fingerprint density at radius 3 is 2.52 bits per heavy atom. The zero-order valence-corrected chi connectivity index (χ0v) is 15.4. The Kier molecular flexibility index (Phi) is 4.59. The summed E-state index contributed by atoms with van der Waals surface area (Å²) in [6.45, 7) is 0. The molecule has 0 radical (unpaired) electrons. The van der Waals surface area contributed by atoms with E-state index in [0.29, 0.717) is 10.7 Å². The molecule has 2 N–H and O–H groups in total. The fourth-order valence-electron chi connectivity index (χ4n) is 2.92. The van der Waals surface area contributed by atoms with Crippen LogP contribution in [0.4, 0.5) is 0 Å². The number of amides is 2. The van der Waals surface area contributed by atoms with Crippen LogP contribution in [0.15, 0.2) is 60.7 Å². The second-order valence-electron chi connectivity index (χ2n) is 6.08. The Morgan fingerprint density at radius 1 is 1.11 bits per heavy atom. The van der Waals surface area contributed by atoms with Crippen LogP contribution in [0.3, 0.4) is 0 Å². The number of alkyl halides is 1. The summed E-state index contributed by atoms with van der Waals surface area (Å²) in [4.78, 5) is 24.6. The number of β-lactam (4-membered cyclic amide) rings is 1. The number of rotatable bonds is 4. The number of hydrogen-bond donors (Lipinski definition) is 2. The molecule has 1 aliphatic rings. The Bertz CT molecular complexity index is 988. The molecule has 0 aliphatic carbocycles. The lowest BCUT2D eigenvalue weighted by Gasteiger charge is -2.43. The predicted molar refractivity (Wildman–Crippen MR) is 102 cm³/mol. The molecule has 0 unspecified atom stereocenters. The highest BCUT2D eigenvalue weighted by atomic mass is 35.5. The molecule has 27 heavy (non-hydrogen) atoms. The van der Waals surface area contributed by atoms with Gasteiger partial charge in [-0.05, 0) is 23.8 Å². The van der Waals surface area contributed by atoms with Crippen LogP contribution >= 0.6 is 23.2 Å². The molecule has 2 atom stereocenters. The minimum atomic E-state index is -0.709. The van der Waals surface area contributed by atoms with Crippen LogP contribution in [0.25, 0.3) is 11.3 Å². The van der Waals surface area contributed by atoms with Gasteiger partial charge in [-0.1, -0.05) is 54.1 Å². The molecule has 1 aromatic heterocycles. The first kappa shape index (κ1) is 17.6. The summed E-state index contributed by atoms with van der Waals surface area (Å²) in [5.74, 6) is -0.822. The number of nitrogens with zero attached hydrogens (tertiary/aromatic N) is 2. The van der Waals surface area contributed by atoms with Crippen molar-refractivity contribution in [2.45, 2.75) is 11.4 Å². The summed E-state index contributed by atoms with van der Waals surface area (Å²) in [5.41, 5.74) is 5.10. The second-order valence-corrected chi connectivity index (χ2v) is 6.99.